The topological polar surface area (TPSA) is 43.5 Å². The van der Waals surface area contributed by atoms with Crippen LogP contribution < -0.4 is 0 Å². The molecule has 4 rings (SSSR count). The molecule has 4 aliphatic rings. The normalized spacial score (nSPS) is 53.0. The quantitative estimate of drug-likeness (QED) is 0.493. The van der Waals surface area contributed by atoms with Gasteiger partial charge in [-0.25, -0.2) is 0 Å². The maximum Gasteiger partial charge on any atom is 0.104 e. The summed E-state index contributed by atoms with van der Waals surface area (Å²) in [7, 11) is 1.30. The van der Waals surface area contributed by atoms with Crippen LogP contribution in [-0.4, -0.2) is 61.1 Å². The van der Waals surface area contributed by atoms with Crippen LogP contribution in [0.5, 0.6) is 0 Å². The molecule has 0 N–H and O–H groups in total. The Balaban J connectivity index is 1.37. The number of hydrogen-bond donors (Lipinski definition) is 0. The molecule has 2 saturated heterocycles. The van der Waals surface area contributed by atoms with Gasteiger partial charge < -0.3 is 18.9 Å². The first kappa shape index (κ1) is 11.8. The minimum absolute atomic E-state index is 0.322. The fraction of sp³-hybridized carbons (Fsp3) is 1.00. The van der Waals surface area contributed by atoms with E-state index in [1.807, 2.05) is 0 Å². The Labute approximate surface area is 111 Å². The van der Waals surface area contributed by atoms with Crippen molar-refractivity contribution in [3.05, 3.63) is 0 Å². The van der Waals surface area contributed by atoms with Gasteiger partial charge in [0.05, 0.1) is 38.6 Å². The standard InChI is InChI=1S/C13H22O4Si/c18-11-2-7-1-10(11)13(17-6-9-4-15-9)12(7)16-5-8-3-14-8/h7-13H,1-6H2,18H3. The van der Waals surface area contributed by atoms with Gasteiger partial charge in [0.1, 0.15) is 12.2 Å². The fourth-order valence-corrected chi connectivity index (χ4v) is 5.04. The van der Waals surface area contributed by atoms with Gasteiger partial charge >= 0.3 is 0 Å². The average molecular weight is 270 g/mol. The number of ether oxygens (including phenoxy) is 4. The van der Waals surface area contributed by atoms with E-state index in [-0.39, 0.29) is 0 Å². The predicted molar refractivity (Wildman–Crippen MR) is 68.9 cm³/mol. The molecule has 0 radical (unpaired) electrons. The van der Waals surface area contributed by atoms with Gasteiger partial charge in [0.15, 0.2) is 0 Å². The largest absolute Gasteiger partial charge is 0.372 e. The Kier molecular flexibility index (Phi) is 3.00. The van der Waals surface area contributed by atoms with Gasteiger partial charge in [-0.2, -0.15) is 0 Å². The van der Waals surface area contributed by atoms with Crippen molar-refractivity contribution >= 4 is 10.2 Å². The Morgan fingerprint density at radius 1 is 0.944 bits per heavy atom. The van der Waals surface area contributed by atoms with Crippen molar-refractivity contribution in [1.29, 1.82) is 0 Å². The Bertz CT molecular complexity index is 318. The highest BCUT2D eigenvalue weighted by Crippen LogP contribution is 2.52. The molecule has 2 bridgehead atoms. The van der Waals surface area contributed by atoms with E-state index in [0.29, 0.717) is 24.4 Å². The van der Waals surface area contributed by atoms with E-state index in [0.717, 1.165) is 43.8 Å². The summed E-state index contributed by atoms with van der Waals surface area (Å²) >= 11 is 0. The van der Waals surface area contributed by atoms with Crippen molar-refractivity contribution in [3.63, 3.8) is 0 Å². The second-order valence-corrected chi connectivity index (χ2v) is 7.86. The summed E-state index contributed by atoms with van der Waals surface area (Å²) in [6.07, 6.45) is 4.07. The van der Waals surface area contributed by atoms with Crippen LogP contribution >= 0.6 is 0 Å². The van der Waals surface area contributed by atoms with E-state index in [9.17, 15) is 0 Å². The van der Waals surface area contributed by atoms with Gasteiger partial charge in [0.2, 0.25) is 0 Å². The van der Waals surface area contributed by atoms with Crippen molar-refractivity contribution in [3.8, 4) is 0 Å². The van der Waals surface area contributed by atoms with Crippen LogP contribution in [0.2, 0.25) is 5.54 Å². The minimum atomic E-state index is 0.322. The zero-order chi connectivity index (χ0) is 12.1. The summed E-state index contributed by atoms with van der Waals surface area (Å²) in [6, 6.07) is 0. The first-order valence-corrected chi connectivity index (χ1v) is 8.43. The van der Waals surface area contributed by atoms with Crippen molar-refractivity contribution < 1.29 is 18.9 Å². The van der Waals surface area contributed by atoms with E-state index in [4.69, 9.17) is 18.9 Å². The van der Waals surface area contributed by atoms with Crippen molar-refractivity contribution in [2.45, 2.75) is 42.8 Å². The average Bonchev–Trinajstić information content (AvgIpc) is 3.26. The SMILES string of the molecule is [SiH3]C1CC2CC1C(OCC1CO1)C2OCC1CO1. The van der Waals surface area contributed by atoms with Crippen molar-refractivity contribution in [1.82, 2.24) is 0 Å². The molecule has 7 atom stereocenters. The molecule has 5 heteroatoms. The van der Waals surface area contributed by atoms with E-state index >= 15 is 0 Å². The molecule has 2 aliphatic heterocycles. The third-order valence-electron chi connectivity index (χ3n) is 4.94. The maximum absolute atomic E-state index is 6.13. The van der Waals surface area contributed by atoms with Gasteiger partial charge in [-0.3, -0.25) is 0 Å². The maximum atomic E-state index is 6.13. The van der Waals surface area contributed by atoms with Gasteiger partial charge in [-0.15, -0.1) is 0 Å². The van der Waals surface area contributed by atoms with Crippen LogP contribution in [0.15, 0.2) is 0 Å². The van der Waals surface area contributed by atoms with E-state index in [2.05, 4.69) is 0 Å². The Morgan fingerprint density at radius 3 is 2.17 bits per heavy atom. The summed E-state index contributed by atoms with van der Waals surface area (Å²) in [4.78, 5) is 0. The fourth-order valence-electron chi connectivity index (χ4n) is 3.78. The first-order chi connectivity index (χ1) is 8.81. The van der Waals surface area contributed by atoms with E-state index < -0.39 is 0 Å². The van der Waals surface area contributed by atoms with E-state index in [1.165, 1.54) is 23.1 Å². The second-order valence-electron chi connectivity index (χ2n) is 6.38. The molecule has 18 heavy (non-hydrogen) atoms. The second kappa shape index (κ2) is 4.56. The molecule has 4 fully saturated rings. The minimum Gasteiger partial charge on any atom is -0.372 e. The van der Waals surface area contributed by atoms with Crippen LogP contribution in [0, 0.1) is 11.8 Å². The van der Waals surface area contributed by atoms with Gasteiger partial charge in [-0.05, 0) is 30.2 Å². The molecule has 0 aromatic rings. The van der Waals surface area contributed by atoms with Crippen LogP contribution in [0.25, 0.3) is 0 Å². The first-order valence-electron chi connectivity index (χ1n) is 7.27. The van der Waals surface area contributed by atoms with Gasteiger partial charge in [0.25, 0.3) is 0 Å². The van der Waals surface area contributed by atoms with Gasteiger partial charge in [0, 0.05) is 10.2 Å². The van der Waals surface area contributed by atoms with Gasteiger partial charge in [-0.1, -0.05) is 0 Å². The molecule has 2 aliphatic carbocycles. The molecular formula is C13H22O4Si. The molecule has 0 aromatic carbocycles. The summed E-state index contributed by atoms with van der Waals surface area (Å²) < 4.78 is 22.7. The van der Waals surface area contributed by atoms with Crippen LogP contribution in [0.4, 0.5) is 0 Å². The number of epoxide rings is 2. The number of hydrogen-bond acceptors (Lipinski definition) is 4. The molecule has 2 heterocycles. The van der Waals surface area contributed by atoms with Crippen LogP contribution in [0.3, 0.4) is 0 Å². The summed E-state index contributed by atoms with van der Waals surface area (Å²) in [6.45, 7) is 3.29. The zero-order valence-corrected chi connectivity index (χ0v) is 12.9. The molecule has 0 spiro atoms. The lowest BCUT2D eigenvalue weighted by Gasteiger charge is -2.34. The molecular weight excluding hydrogens is 248 g/mol. The third kappa shape index (κ3) is 2.27. The Morgan fingerprint density at radius 2 is 1.56 bits per heavy atom. The van der Waals surface area contributed by atoms with E-state index in [1.54, 1.807) is 0 Å². The number of rotatable bonds is 6. The van der Waals surface area contributed by atoms with Crippen LogP contribution in [0.1, 0.15) is 12.8 Å². The summed E-state index contributed by atoms with van der Waals surface area (Å²) in [5.74, 6) is 1.49. The highest BCUT2D eigenvalue weighted by atomic mass is 28.1. The molecule has 7 unspecified atom stereocenters. The monoisotopic (exact) mass is 270 g/mol. The smallest absolute Gasteiger partial charge is 0.104 e. The summed E-state index contributed by atoms with van der Waals surface area (Å²) in [5, 5.41) is 0. The predicted octanol–water partition coefficient (Wildman–Crippen LogP) is -0.252. The lowest BCUT2D eigenvalue weighted by Crippen LogP contribution is -2.40. The third-order valence-corrected chi connectivity index (χ3v) is 6.27. The van der Waals surface area contributed by atoms with Crippen LogP contribution in [-0.2, 0) is 18.9 Å². The zero-order valence-electron chi connectivity index (χ0n) is 10.9. The molecule has 0 amide bonds. The Hall–Kier alpha value is 0.0569. The summed E-state index contributed by atoms with van der Waals surface area (Å²) in [5.41, 5.74) is 0.928. The lowest BCUT2D eigenvalue weighted by molar-refractivity contribution is -0.102. The lowest BCUT2D eigenvalue weighted by atomic mass is 9.94. The highest BCUT2D eigenvalue weighted by molar-refractivity contribution is 6.12. The molecule has 2 saturated carbocycles. The molecule has 0 aromatic heterocycles. The number of fused-ring (bicyclic) bond motifs is 2. The molecule has 4 nitrogen and oxygen atoms in total. The van der Waals surface area contributed by atoms with Crippen molar-refractivity contribution in [2.24, 2.45) is 11.8 Å². The molecule has 102 valence electrons. The van der Waals surface area contributed by atoms with Crippen molar-refractivity contribution in [2.75, 3.05) is 26.4 Å². The highest BCUT2D eigenvalue weighted by Gasteiger charge is 2.53.